The quantitative estimate of drug-likeness (QED) is 0.518. The number of carbonyl (C=O) groups excluding carboxylic acids is 2. The fraction of sp³-hybridized carbons (Fsp3) is 0.167. The molecule has 0 saturated heterocycles. The van der Waals surface area contributed by atoms with Crippen molar-refractivity contribution in [1.29, 1.82) is 0 Å². The molecule has 0 unspecified atom stereocenters. The standard InChI is InChI=1S/C24H24N2O6/c1-15-10-11-18(32-15)14-19(26-23(27)16-8-6-5-7-9-16)24(28)25-17-12-20(29-2)22(31-4)21(13-17)30-3/h5-14H,1-4H3,(H,25,28)(H,26,27). The highest BCUT2D eigenvalue weighted by molar-refractivity contribution is 6.10. The van der Waals surface area contributed by atoms with Crippen LogP contribution in [0.1, 0.15) is 21.9 Å². The van der Waals surface area contributed by atoms with Crippen molar-refractivity contribution in [1.82, 2.24) is 5.32 Å². The molecule has 0 radical (unpaired) electrons. The lowest BCUT2D eigenvalue weighted by Gasteiger charge is -2.15. The number of hydrogen-bond acceptors (Lipinski definition) is 6. The topological polar surface area (TPSA) is 99.0 Å². The van der Waals surface area contributed by atoms with Crippen molar-refractivity contribution >= 4 is 23.6 Å². The SMILES string of the molecule is COc1cc(NC(=O)C(=Cc2ccc(C)o2)NC(=O)c2ccccc2)cc(OC)c1OC. The van der Waals surface area contributed by atoms with Crippen molar-refractivity contribution in [2.75, 3.05) is 26.6 Å². The van der Waals surface area contributed by atoms with Gasteiger partial charge in [0.2, 0.25) is 5.75 Å². The van der Waals surface area contributed by atoms with E-state index in [-0.39, 0.29) is 5.70 Å². The Balaban J connectivity index is 1.92. The van der Waals surface area contributed by atoms with Crippen molar-refractivity contribution in [3.8, 4) is 17.2 Å². The fourth-order valence-corrected chi connectivity index (χ4v) is 2.97. The number of carbonyl (C=O) groups is 2. The van der Waals surface area contributed by atoms with Gasteiger partial charge >= 0.3 is 0 Å². The van der Waals surface area contributed by atoms with E-state index in [1.807, 2.05) is 0 Å². The highest BCUT2D eigenvalue weighted by Gasteiger charge is 2.19. The van der Waals surface area contributed by atoms with Crippen LogP contribution in [0.25, 0.3) is 6.08 Å². The number of aryl methyl sites for hydroxylation is 1. The molecule has 0 aliphatic carbocycles. The van der Waals surface area contributed by atoms with Gasteiger partial charge < -0.3 is 29.3 Å². The van der Waals surface area contributed by atoms with E-state index in [4.69, 9.17) is 18.6 Å². The van der Waals surface area contributed by atoms with Gasteiger partial charge in [0, 0.05) is 29.5 Å². The Labute approximate surface area is 185 Å². The molecule has 3 rings (SSSR count). The second-order valence-electron chi connectivity index (χ2n) is 6.69. The number of hydrogen-bond donors (Lipinski definition) is 2. The van der Waals surface area contributed by atoms with Gasteiger partial charge in [-0.05, 0) is 31.2 Å². The van der Waals surface area contributed by atoms with Crippen LogP contribution in [0.2, 0.25) is 0 Å². The molecule has 0 spiro atoms. The Morgan fingerprint density at radius 1 is 0.906 bits per heavy atom. The average Bonchev–Trinajstić information content (AvgIpc) is 3.22. The zero-order valence-electron chi connectivity index (χ0n) is 18.2. The molecule has 0 fully saturated rings. The maximum atomic E-state index is 13.1. The van der Waals surface area contributed by atoms with E-state index >= 15 is 0 Å². The highest BCUT2D eigenvalue weighted by Crippen LogP contribution is 2.40. The second kappa shape index (κ2) is 10.2. The van der Waals surface area contributed by atoms with Gasteiger partial charge in [-0.3, -0.25) is 9.59 Å². The Hall–Kier alpha value is -4.20. The molecule has 3 aromatic rings. The Kier molecular flexibility index (Phi) is 7.17. The molecule has 0 saturated carbocycles. The van der Waals surface area contributed by atoms with E-state index in [9.17, 15) is 9.59 Å². The predicted octanol–water partition coefficient (Wildman–Crippen LogP) is 4.02. The van der Waals surface area contributed by atoms with Gasteiger partial charge in [0.15, 0.2) is 11.5 Å². The van der Waals surface area contributed by atoms with Crippen LogP contribution in [-0.2, 0) is 4.79 Å². The fourth-order valence-electron chi connectivity index (χ4n) is 2.97. The molecule has 2 amide bonds. The Morgan fingerprint density at radius 2 is 1.56 bits per heavy atom. The first-order valence-corrected chi connectivity index (χ1v) is 9.71. The van der Waals surface area contributed by atoms with Crippen LogP contribution in [0.3, 0.4) is 0 Å². The molecule has 8 nitrogen and oxygen atoms in total. The van der Waals surface area contributed by atoms with Crippen molar-refractivity contribution in [3.63, 3.8) is 0 Å². The van der Waals surface area contributed by atoms with E-state index in [0.717, 1.165) is 0 Å². The molecular weight excluding hydrogens is 412 g/mol. The lowest BCUT2D eigenvalue weighted by atomic mass is 10.2. The minimum atomic E-state index is -0.558. The molecule has 1 aromatic heterocycles. The first kappa shape index (κ1) is 22.5. The number of rotatable bonds is 8. The summed E-state index contributed by atoms with van der Waals surface area (Å²) in [4.78, 5) is 25.8. The van der Waals surface area contributed by atoms with E-state index in [1.54, 1.807) is 61.5 Å². The molecule has 0 aliphatic heterocycles. The third-order valence-electron chi connectivity index (χ3n) is 4.50. The second-order valence-corrected chi connectivity index (χ2v) is 6.69. The Bertz CT molecular complexity index is 1110. The van der Waals surface area contributed by atoms with E-state index in [0.29, 0.717) is 40.0 Å². The van der Waals surface area contributed by atoms with E-state index in [1.165, 1.54) is 27.4 Å². The molecule has 32 heavy (non-hydrogen) atoms. The van der Waals surface area contributed by atoms with Crippen LogP contribution in [0, 0.1) is 6.92 Å². The number of methoxy groups -OCH3 is 3. The van der Waals surface area contributed by atoms with E-state index in [2.05, 4.69) is 10.6 Å². The number of anilines is 1. The summed E-state index contributed by atoms with van der Waals surface area (Å²) in [5, 5.41) is 5.40. The summed E-state index contributed by atoms with van der Waals surface area (Å²) in [6, 6.07) is 15.2. The highest BCUT2D eigenvalue weighted by atomic mass is 16.5. The van der Waals surface area contributed by atoms with Crippen LogP contribution in [0.5, 0.6) is 17.2 Å². The third-order valence-corrected chi connectivity index (χ3v) is 4.50. The van der Waals surface area contributed by atoms with Crippen LogP contribution in [-0.4, -0.2) is 33.1 Å². The van der Waals surface area contributed by atoms with Gasteiger partial charge in [0.05, 0.1) is 21.3 Å². The van der Waals surface area contributed by atoms with Crippen LogP contribution in [0.4, 0.5) is 5.69 Å². The summed E-state index contributed by atoms with van der Waals surface area (Å²) >= 11 is 0. The van der Waals surface area contributed by atoms with Gasteiger partial charge in [-0.15, -0.1) is 0 Å². The minimum absolute atomic E-state index is 0.00181. The summed E-state index contributed by atoms with van der Waals surface area (Å²) in [5.41, 5.74) is 0.802. The molecule has 2 N–H and O–H groups in total. The predicted molar refractivity (Wildman–Crippen MR) is 120 cm³/mol. The normalized spacial score (nSPS) is 10.9. The summed E-state index contributed by atoms with van der Waals surface area (Å²) in [7, 11) is 4.45. The molecule has 8 heteroatoms. The molecule has 2 aromatic carbocycles. The van der Waals surface area contributed by atoms with Crippen molar-refractivity contribution in [2.24, 2.45) is 0 Å². The summed E-state index contributed by atoms with van der Waals surface area (Å²) in [5.74, 6) is 1.26. The van der Waals surface area contributed by atoms with Crippen molar-refractivity contribution in [3.05, 3.63) is 77.4 Å². The zero-order valence-corrected chi connectivity index (χ0v) is 18.2. The van der Waals surface area contributed by atoms with Crippen molar-refractivity contribution < 1.29 is 28.2 Å². The number of furan rings is 1. The van der Waals surface area contributed by atoms with Gasteiger partial charge in [-0.25, -0.2) is 0 Å². The number of nitrogens with one attached hydrogen (secondary N) is 2. The molecule has 0 aliphatic rings. The van der Waals surface area contributed by atoms with E-state index < -0.39 is 11.8 Å². The van der Waals surface area contributed by atoms with Crippen LogP contribution in [0.15, 0.2) is 64.7 Å². The Morgan fingerprint density at radius 3 is 2.09 bits per heavy atom. The maximum Gasteiger partial charge on any atom is 0.272 e. The largest absolute Gasteiger partial charge is 0.493 e. The number of ether oxygens (including phenoxy) is 3. The molecule has 0 atom stereocenters. The summed E-state index contributed by atoms with van der Waals surface area (Å²) in [6.07, 6.45) is 1.46. The number of amides is 2. The van der Waals surface area contributed by atoms with Gasteiger partial charge in [0.25, 0.3) is 11.8 Å². The first-order chi connectivity index (χ1) is 15.4. The molecule has 166 valence electrons. The number of benzene rings is 2. The molecular formula is C24H24N2O6. The zero-order chi connectivity index (χ0) is 23.1. The summed E-state index contributed by atoms with van der Waals surface area (Å²) in [6.45, 7) is 1.79. The maximum absolute atomic E-state index is 13.1. The first-order valence-electron chi connectivity index (χ1n) is 9.71. The third kappa shape index (κ3) is 5.28. The molecule has 0 bridgehead atoms. The monoisotopic (exact) mass is 436 g/mol. The van der Waals surface area contributed by atoms with Gasteiger partial charge in [-0.2, -0.15) is 0 Å². The lowest BCUT2D eigenvalue weighted by molar-refractivity contribution is -0.113. The van der Waals surface area contributed by atoms with Gasteiger partial charge in [0.1, 0.15) is 17.2 Å². The minimum Gasteiger partial charge on any atom is -0.493 e. The average molecular weight is 436 g/mol. The molecule has 1 heterocycles. The van der Waals surface area contributed by atoms with Crippen molar-refractivity contribution in [2.45, 2.75) is 6.92 Å². The lowest BCUT2D eigenvalue weighted by Crippen LogP contribution is -2.30. The van der Waals surface area contributed by atoms with Crippen LogP contribution >= 0.6 is 0 Å². The van der Waals surface area contributed by atoms with Gasteiger partial charge in [-0.1, -0.05) is 18.2 Å². The van der Waals surface area contributed by atoms with Crippen LogP contribution < -0.4 is 24.8 Å². The summed E-state index contributed by atoms with van der Waals surface area (Å²) < 4.78 is 21.5. The smallest absolute Gasteiger partial charge is 0.272 e.